The fourth-order valence-corrected chi connectivity index (χ4v) is 1.40. The lowest BCUT2D eigenvalue weighted by Gasteiger charge is -2.05. The SMILES string of the molecule is CCOC(=O)C(C/C=C/c1ccccc1)[N+](=O)[O-]. The maximum Gasteiger partial charge on any atom is 0.381 e. The quantitative estimate of drug-likeness (QED) is 0.440. The van der Waals surface area contributed by atoms with Gasteiger partial charge in [0.15, 0.2) is 0 Å². The Morgan fingerprint density at radius 2 is 2.11 bits per heavy atom. The fourth-order valence-electron chi connectivity index (χ4n) is 1.40. The average Bonchev–Trinajstić information content (AvgIpc) is 2.35. The Balaban J connectivity index is 2.60. The second kappa shape index (κ2) is 7.21. The Morgan fingerprint density at radius 3 is 2.67 bits per heavy atom. The van der Waals surface area contributed by atoms with Crippen LogP contribution in [0.25, 0.3) is 6.08 Å². The van der Waals surface area contributed by atoms with Crippen molar-refractivity contribution in [3.8, 4) is 0 Å². The van der Waals surface area contributed by atoms with Crippen LogP contribution in [-0.2, 0) is 9.53 Å². The molecule has 1 unspecified atom stereocenters. The van der Waals surface area contributed by atoms with Crippen molar-refractivity contribution in [3.63, 3.8) is 0 Å². The van der Waals surface area contributed by atoms with Gasteiger partial charge in [-0.05, 0) is 12.5 Å². The first-order valence-corrected chi connectivity index (χ1v) is 5.67. The molecular weight excluding hydrogens is 234 g/mol. The molecule has 0 bridgehead atoms. The van der Waals surface area contributed by atoms with Gasteiger partial charge in [-0.3, -0.25) is 10.1 Å². The van der Waals surface area contributed by atoms with Gasteiger partial charge in [-0.2, -0.15) is 0 Å². The standard InChI is InChI=1S/C13H15NO4/c1-2-18-13(15)12(14(16)17)10-6-9-11-7-4-3-5-8-11/h3-9,12H,2,10H2,1H3/b9-6+. The van der Waals surface area contributed by atoms with Crippen molar-refractivity contribution in [1.82, 2.24) is 0 Å². The number of carbonyl (C=O) groups is 1. The van der Waals surface area contributed by atoms with Crippen LogP contribution < -0.4 is 0 Å². The lowest BCUT2D eigenvalue weighted by Crippen LogP contribution is -2.30. The molecule has 5 heteroatoms. The predicted octanol–water partition coefficient (Wildman–Crippen LogP) is 2.30. The first-order valence-electron chi connectivity index (χ1n) is 5.67. The van der Waals surface area contributed by atoms with Crippen molar-refractivity contribution < 1.29 is 14.5 Å². The number of ether oxygens (including phenoxy) is 1. The highest BCUT2D eigenvalue weighted by atomic mass is 16.6. The summed E-state index contributed by atoms with van der Waals surface area (Å²) >= 11 is 0. The molecule has 96 valence electrons. The summed E-state index contributed by atoms with van der Waals surface area (Å²) in [6.45, 7) is 1.76. The Morgan fingerprint density at radius 1 is 1.44 bits per heavy atom. The van der Waals surface area contributed by atoms with E-state index in [0.717, 1.165) is 5.56 Å². The molecule has 0 saturated carbocycles. The van der Waals surface area contributed by atoms with Gasteiger partial charge in [-0.15, -0.1) is 0 Å². The minimum Gasteiger partial charge on any atom is -0.461 e. The lowest BCUT2D eigenvalue weighted by molar-refractivity contribution is -0.509. The number of hydrogen-bond donors (Lipinski definition) is 0. The van der Waals surface area contributed by atoms with E-state index in [1.165, 1.54) is 0 Å². The molecule has 0 fully saturated rings. The topological polar surface area (TPSA) is 69.4 Å². The predicted molar refractivity (Wildman–Crippen MR) is 67.5 cm³/mol. The summed E-state index contributed by atoms with van der Waals surface area (Å²) in [4.78, 5) is 21.4. The summed E-state index contributed by atoms with van der Waals surface area (Å²) in [5.41, 5.74) is 0.934. The van der Waals surface area contributed by atoms with E-state index in [2.05, 4.69) is 4.74 Å². The molecule has 5 nitrogen and oxygen atoms in total. The molecule has 0 spiro atoms. The summed E-state index contributed by atoms with van der Waals surface area (Å²) in [5.74, 6) is -0.791. The molecular formula is C13H15NO4. The number of nitrogens with zero attached hydrogens (tertiary/aromatic N) is 1. The number of carbonyl (C=O) groups excluding carboxylic acids is 1. The number of nitro groups is 1. The Hall–Kier alpha value is -2.17. The van der Waals surface area contributed by atoms with Crippen molar-refractivity contribution in [2.75, 3.05) is 6.61 Å². The van der Waals surface area contributed by atoms with Gasteiger partial charge < -0.3 is 4.74 Å². The molecule has 0 amide bonds. The van der Waals surface area contributed by atoms with Crippen molar-refractivity contribution in [2.45, 2.75) is 19.4 Å². The Bertz CT molecular complexity index is 428. The molecule has 0 N–H and O–H groups in total. The zero-order chi connectivity index (χ0) is 13.4. The Kier molecular flexibility index (Phi) is 5.57. The number of rotatable bonds is 6. The Labute approximate surface area is 105 Å². The molecule has 18 heavy (non-hydrogen) atoms. The van der Waals surface area contributed by atoms with E-state index in [1.807, 2.05) is 30.3 Å². The van der Waals surface area contributed by atoms with Crippen LogP contribution in [0.3, 0.4) is 0 Å². The summed E-state index contributed by atoms with van der Waals surface area (Å²) in [5, 5.41) is 10.7. The van der Waals surface area contributed by atoms with E-state index >= 15 is 0 Å². The molecule has 0 saturated heterocycles. The van der Waals surface area contributed by atoms with Crippen LogP contribution in [0.4, 0.5) is 0 Å². The number of hydrogen-bond acceptors (Lipinski definition) is 4. The minimum absolute atomic E-state index is 0.0285. The number of benzene rings is 1. The van der Waals surface area contributed by atoms with Crippen LogP contribution in [0.5, 0.6) is 0 Å². The van der Waals surface area contributed by atoms with E-state index in [0.29, 0.717) is 0 Å². The van der Waals surface area contributed by atoms with Crippen molar-refractivity contribution >= 4 is 12.0 Å². The van der Waals surface area contributed by atoms with Gasteiger partial charge in [0, 0.05) is 11.3 Å². The van der Waals surface area contributed by atoms with E-state index in [4.69, 9.17) is 0 Å². The van der Waals surface area contributed by atoms with Gasteiger partial charge in [-0.25, -0.2) is 4.79 Å². The smallest absolute Gasteiger partial charge is 0.381 e. The summed E-state index contributed by atoms with van der Waals surface area (Å²) in [6.07, 6.45) is 3.39. The molecule has 0 radical (unpaired) electrons. The minimum atomic E-state index is -1.33. The van der Waals surface area contributed by atoms with Crippen LogP contribution in [0.2, 0.25) is 0 Å². The first-order chi connectivity index (χ1) is 8.65. The van der Waals surface area contributed by atoms with E-state index < -0.39 is 16.9 Å². The van der Waals surface area contributed by atoms with Crippen LogP contribution in [0, 0.1) is 10.1 Å². The van der Waals surface area contributed by atoms with Crippen LogP contribution >= 0.6 is 0 Å². The summed E-state index contributed by atoms with van der Waals surface area (Å²) < 4.78 is 4.65. The van der Waals surface area contributed by atoms with Gasteiger partial charge in [0.05, 0.1) is 6.61 Å². The van der Waals surface area contributed by atoms with Gasteiger partial charge >= 0.3 is 12.0 Å². The highest BCUT2D eigenvalue weighted by Gasteiger charge is 2.29. The monoisotopic (exact) mass is 249 g/mol. The van der Waals surface area contributed by atoms with E-state index in [9.17, 15) is 14.9 Å². The maximum atomic E-state index is 11.3. The highest BCUT2D eigenvalue weighted by Crippen LogP contribution is 2.06. The van der Waals surface area contributed by atoms with Gasteiger partial charge in [0.25, 0.3) is 0 Å². The molecule has 1 atom stereocenters. The van der Waals surface area contributed by atoms with Crippen molar-refractivity contribution in [2.24, 2.45) is 0 Å². The van der Waals surface area contributed by atoms with Gasteiger partial charge in [0.2, 0.25) is 0 Å². The molecule has 1 aromatic carbocycles. The third-order valence-corrected chi connectivity index (χ3v) is 2.28. The zero-order valence-electron chi connectivity index (χ0n) is 10.1. The average molecular weight is 249 g/mol. The normalized spacial score (nSPS) is 12.3. The largest absolute Gasteiger partial charge is 0.461 e. The number of esters is 1. The fraction of sp³-hybridized carbons (Fsp3) is 0.308. The maximum absolute atomic E-state index is 11.3. The molecule has 0 heterocycles. The first kappa shape index (κ1) is 13.9. The van der Waals surface area contributed by atoms with Crippen molar-refractivity contribution in [1.29, 1.82) is 0 Å². The second-order valence-electron chi connectivity index (χ2n) is 3.60. The van der Waals surface area contributed by atoms with Crippen LogP contribution in [0.1, 0.15) is 18.9 Å². The lowest BCUT2D eigenvalue weighted by atomic mass is 10.1. The third kappa shape index (κ3) is 4.37. The summed E-state index contributed by atoms with van der Waals surface area (Å²) in [7, 11) is 0. The second-order valence-corrected chi connectivity index (χ2v) is 3.60. The third-order valence-electron chi connectivity index (χ3n) is 2.28. The van der Waals surface area contributed by atoms with Crippen molar-refractivity contribution in [3.05, 3.63) is 52.1 Å². The molecule has 0 aliphatic rings. The van der Waals surface area contributed by atoms with E-state index in [1.54, 1.807) is 19.1 Å². The molecule has 1 aromatic rings. The van der Waals surface area contributed by atoms with E-state index in [-0.39, 0.29) is 13.0 Å². The highest BCUT2D eigenvalue weighted by molar-refractivity contribution is 5.74. The molecule has 1 rings (SSSR count). The van der Waals surface area contributed by atoms with Crippen LogP contribution in [0.15, 0.2) is 36.4 Å². The summed E-state index contributed by atoms with van der Waals surface area (Å²) in [6, 6.07) is 8.05. The molecule has 0 aliphatic heterocycles. The van der Waals surface area contributed by atoms with Crippen LogP contribution in [-0.4, -0.2) is 23.5 Å². The molecule has 0 aliphatic carbocycles. The van der Waals surface area contributed by atoms with Gasteiger partial charge in [0.1, 0.15) is 0 Å². The molecule has 0 aromatic heterocycles. The zero-order valence-corrected chi connectivity index (χ0v) is 10.1. The van der Waals surface area contributed by atoms with Gasteiger partial charge in [-0.1, -0.05) is 42.5 Å².